The first kappa shape index (κ1) is 21.4. The molecule has 1 aliphatic rings. The summed E-state index contributed by atoms with van der Waals surface area (Å²) < 4.78 is 0. The van der Waals surface area contributed by atoms with E-state index < -0.39 is 0 Å². The summed E-state index contributed by atoms with van der Waals surface area (Å²) in [5.74, 6) is -0.110. The summed E-state index contributed by atoms with van der Waals surface area (Å²) in [4.78, 5) is 35.7. The second kappa shape index (κ2) is 10.4. The molecule has 0 spiro atoms. The Morgan fingerprint density at radius 3 is 2.67 bits per heavy atom. The molecule has 1 aliphatic heterocycles. The Morgan fingerprint density at radius 2 is 2.04 bits per heavy atom. The zero-order chi connectivity index (χ0) is 19.8. The van der Waals surface area contributed by atoms with Crippen LogP contribution >= 0.6 is 0 Å². The van der Waals surface area contributed by atoms with E-state index in [2.05, 4.69) is 23.7 Å². The van der Waals surface area contributed by atoms with Gasteiger partial charge in [0.15, 0.2) is 0 Å². The van der Waals surface area contributed by atoms with Gasteiger partial charge in [0, 0.05) is 58.0 Å². The molecule has 1 fully saturated rings. The third kappa shape index (κ3) is 6.03. The molecule has 6 heteroatoms. The molecule has 0 bridgehead atoms. The summed E-state index contributed by atoms with van der Waals surface area (Å²) in [7, 11) is 3.68. The van der Waals surface area contributed by atoms with Crippen LogP contribution in [0, 0.1) is 5.92 Å². The quantitative estimate of drug-likeness (QED) is 0.767. The monoisotopic (exact) mass is 374 g/mol. The minimum atomic E-state index is -0.239. The summed E-state index contributed by atoms with van der Waals surface area (Å²) in [6.07, 6.45) is 6.57. The number of carbonyl (C=O) groups excluding carboxylic acids is 2. The number of hydrogen-bond donors (Lipinski definition) is 0. The number of nitrogens with zero attached hydrogens (tertiary/aromatic N) is 4. The number of pyridine rings is 1. The zero-order valence-corrected chi connectivity index (χ0v) is 17.2. The summed E-state index contributed by atoms with van der Waals surface area (Å²) >= 11 is 0. The van der Waals surface area contributed by atoms with Gasteiger partial charge in [-0.15, -0.1) is 0 Å². The largest absolute Gasteiger partial charge is 0.344 e. The van der Waals surface area contributed by atoms with Gasteiger partial charge >= 0.3 is 0 Å². The van der Waals surface area contributed by atoms with E-state index in [1.54, 1.807) is 17.3 Å². The van der Waals surface area contributed by atoms with Gasteiger partial charge in [0.2, 0.25) is 11.8 Å². The third-order valence-corrected chi connectivity index (χ3v) is 5.62. The number of likely N-dealkylation sites (N-methyl/N-ethyl adjacent to an activating group) is 2. The van der Waals surface area contributed by atoms with E-state index in [1.807, 2.05) is 31.1 Å². The van der Waals surface area contributed by atoms with Crippen molar-refractivity contribution in [3.63, 3.8) is 0 Å². The lowest BCUT2D eigenvalue weighted by molar-refractivity contribution is -0.140. The van der Waals surface area contributed by atoms with Gasteiger partial charge in [-0.1, -0.05) is 26.3 Å². The standard InChI is InChI=1S/C21H34N4O2/c1-5-25(6-2)19-11-7-10-18(13-20(26)23(3)16-19)21(27)24(4)15-17-9-8-12-22-14-17/h8-9,12,14,18-19H,5-7,10-11,13,15-16H2,1-4H3. The van der Waals surface area contributed by atoms with Crippen LogP contribution in [0.3, 0.4) is 0 Å². The van der Waals surface area contributed by atoms with Gasteiger partial charge in [0.1, 0.15) is 0 Å². The molecule has 1 aromatic rings. The first-order chi connectivity index (χ1) is 13.0. The highest BCUT2D eigenvalue weighted by atomic mass is 16.2. The number of aromatic nitrogens is 1. The van der Waals surface area contributed by atoms with E-state index in [9.17, 15) is 9.59 Å². The Balaban J connectivity index is 2.04. The SMILES string of the molecule is CCN(CC)C1CCCC(C(=O)N(C)Cc2cccnc2)CC(=O)N(C)C1. The number of amides is 2. The Bertz CT molecular complexity index is 603. The van der Waals surface area contributed by atoms with Gasteiger partial charge < -0.3 is 9.80 Å². The zero-order valence-electron chi connectivity index (χ0n) is 17.2. The number of carbonyl (C=O) groups is 2. The number of rotatable bonds is 6. The van der Waals surface area contributed by atoms with Gasteiger partial charge in [0.25, 0.3) is 0 Å². The van der Waals surface area contributed by atoms with Crippen molar-refractivity contribution in [3.8, 4) is 0 Å². The second-order valence-electron chi connectivity index (χ2n) is 7.54. The van der Waals surface area contributed by atoms with Crippen LogP contribution in [0.4, 0.5) is 0 Å². The summed E-state index contributed by atoms with van der Waals surface area (Å²) in [6, 6.07) is 4.21. The Labute approximate surface area is 163 Å². The van der Waals surface area contributed by atoms with Crippen molar-refractivity contribution in [1.29, 1.82) is 0 Å². The van der Waals surface area contributed by atoms with Gasteiger partial charge in [0.05, 0.1) is 0 Å². The van der Waals surface area contributed by atoms with E-state index in [1.165, 1.54) is 0 Å². The first-order valence-corrected chi connectivity index (χ1v) is 10.1. The van der Waals surface area contributed by atoms with Crippen LogP contribution in [0.15, 0.2) is 24.5 Å². The Morgan fingerprint density at radius 1 is 1.30 bits per heavy atom. The van der Waals surface area contributed by atoms with Crippen LogP contribution in [0.5, 0.6) is 0 Å². The van der Waals surface area contributed by atoms with E-state index in [-0.39, 0.29) is 17.7 Å². The molecule has 0 radical (unpaired) electrons. The summed E-state index contributed by atoms with van der Waals surface area (Å²) in [5, 5.41) is 0. The molecule has 0 saturated carbocycles. The lowest BCUT2D eigenvalue weighted by Crippen LogP contribution is -2.44. The topological polar surface area (TPSA) is 56.8 Å². The van der Waals surface area contributed by atoms with Crippen molar-refractivity contribution in [2.45, 2.75) is 52.1 Å². The fourth-order valence-corrected chi connectivity index (χ4v) is 3.98. The highest BCUT2D eigenvalue weighted by Crippen LogP contribution is 2.22. The Hall–Kier alpha value is -1.95. The van der Waals surface area contributed by atoms with Crippen molar-refractivity contribution in [3.05, 3.63) is 30.1 Å². The first-order valence-electron chi connectivity index (χ1n) is 10.1. The average Bonchev–Trinajstić information content (AvgIpc) is 2.73. The minimum absolute atomic E-state index is 0.0573. The molecule has 0 N–H and O–H groups in total. The van der Waals surface area contributed by atoms with Crippen LogP contribution in [-0.4, -0.2) is 71.3 Å². The van der Waals surface area contributed by atoms with Crippen molar-refractivity contribution in [1.82, 2.24) is 19.7 Å². The third-order valence-electron chi connectivity index (χ3n) is 5.62. The molecule has 2 unspecified atom stereocenters. The maximum atomic E-state index is 13.0. The molecule has 150 valence electrons. The molecular weight excluding hydrogens is 340 g/mol. The predicted molar refractivity (Wildman–Crippen MR) is 107 cm³/mol. The van der Waals surface area contributed by atoms with Gasteiger partial charge in [-0.2, -0.15) is 0 Å². The molecule has 27 heavy (non-hydrogen) atoms. The number of hydrogen-bond acceptors (Lipinski definition) is 4. The van der Waals surface area contributed by atoms with Crippen molar-refractivity contribution in [2.24, 2.45) is 5.92 Å². The molecule has 6 nitrogen and oxygen atoms in total. The molecule has 2 rings (SSSR count). The van der Waals surface area contributed by atoms with Gasteiger partial charge in [-0.05, 0) is 37.6 Å². The molecule has 2 heterocycles. The van der Waals surface area contributed by atoms with Crippen LogP contribution in [0.1, 0.15) is 45.1 Å². The smallest absolute Gasteiger partial charge is 0.226 e. The van der Waals surface area contributed by atoms with E-state index in [0.29, 0.717) is 19.0 Å². The van der Waals surface area contributed by atoms with Crippen LogP contribution in [-0.2, 0) is 16.1 Å². The molecule has 2 amide bonds. The maximum absolute atomic E-state index is 13.0. The molecule has 0 aromatic carbocycles. The second-order valence-corrected chi connectivity index (χ2v) is 7.54. The fraction of sp³-hybridized carbons (Fsp3) is 0.667. The minimum Gasteiger partial charge on any atom is -0.344 e. The molecule has 1 saturated heterocycles. The van der Waals surface area contributed by atoms with Crippen LogP contribution in [0.25, 0.3) is 0 Å². The highest BCUT2D eigenvalue weighted by Gasteiger charge is 2.30. The van der Waals surface area contributed by atoms with Crippen molar-refractivity contribution >= 4 is 11.8 Å². The lowest BCUT2D eigenvalue weighted by atomic mass is 9.95. The summed E-state index contributed by atoms with van der Waals surface area (Å²) in [5.41, 5.74) is 1.00. The van der Waals surface area contributed by atoms with Gasteiger partial charge in [-0.3, -0.25) is 19.5 Å². The molecule has 1 aromatic heterocycles. The molecule has 0 aliphatic carbocycles. The molecular formula is C21H34N4O2. The van der Waals surface area contributed by atoms with E-state index in [4.69, 9.17) is 0 Å². The normalized spacial score (nSPS) is 21.5. The summed E-state index contributed by atoms with van der Waals surface area (Å²) in [6.45, 7) is 7.57. The fourth-order valence-electron chi connectivity index (χ4n) is 3.98. The average molecular weight is 375 g/mol. The van der Waals surface area contributed by atoms with E-state index in [0.717, 1.165) is 44.5 Å². The maximum Gasteiger partial charge on any atom is 0.226 e. The lowest BCUT2D eigenvalue weighted by Gasteiger charge is -2.32. The van der Waals surface area contributed by atoms with Crippen LogP contribution < -0.4 is 0 Å². The Kier molecular flexibility index (Phi) is 8.23. The van der Waals surface area contributed by atoms with E-state index >= 15 is 0 Å². The van der Waals surface area contributed by atoms with Gasteiger partial charge in [-0.25, -0.2) is 0 Å². The predicted octanol–water partition coefficient (Wildman–Crippen LogP) is 2.40. The molecule has 2 atom stereocenters. The van der Waals surface area contributed by atoms with Crippen molar-refractivity contribution in [2.75, 3.05) is 33.7 Å². The van der Waals surface area contributed by atoms with Crippen molar-refractivity contribution < 1.29 is 9.59 Å². The van der Waals surface area contributed by atoms with Crippen LogP contribution in [0.2, 0.25) is 0 Å². The highest BCUT2D eigenvalue weighted by molar-refractivity contribution is 5.85.